The third-order valence-electron chi connectivity index (χ3n) is 3.08. The van der Waals surface area contributed by atoms with Crippen molar-refractivity contribution in [1.29, 1.82) is 0 Å². The average Bonchev–Trinajstić information content (AvgIpc) is 2.67. The first-order valence-electron chi connectivity index (χ1n) is 6.64. The van der Waals surface area contributed by atoms with Crippen molar-refractivity contribution in [2.75, 3.05) is 5.73 Å². The Balaban J connectivity index is 2.54. The van der Waals surface area contributed by atoms with Crippen LogP contribution in [0.5, 0.6) is 0 Å². The van der Waals surface area contributed by atoms with E-state index >= 15 is 0 Å². The van der Waals surface area contributed by atoms with Gasteiger partial charge in [0.05, 0.1) is 5.02 Å². The van der Waals surface area contributed by atoms with E-state index in [0.29, 0.717) is 16.8 Å². The minimum absolute atomic E-state index is 0.529. The van der Waals surface area contributed by atoms with Crippen molar-refractivity contribution in [1.82, 2.24) is 9.55 Å². The summed E-state index contributed by atoms with van der Waals surface area (Å²) in [5.41, 5.74) is 7.97. The number of nitrogens with zero attached hydrogens (tertiary/aromatic N) is 2. The summed E-state index contributed by atoms with van der Waals surface area (Å²) in [7, 11) is 0. The molecule has 0 atom stereocenters. The van der Waals surface area contributed by atoms with Gasteiger partial charge in [-0.3, -0.25) is 0 Å². The minimum atomic E-state index is 0.529. The molecular weight excluding hydrogens is 258 g/mol. The Bertz CT molecular complexity index is 573. The molecule has 2 aromatic rings. The Labute approximate surface area is 119 Å². The predicted molar refractivity (Wildman–Crippen MR) is 81.3 cm³/mol. The zero-order valence-electron chi connectivity index (χ0n) is 11.7. The molecule has 1 heterocycles. The van der Waals surface area contributed by atoms with Crippen molar-refractivity contribution in [3.63, 3.8) is 0 Å². The lowest BCUT2D eigenvalue weighted by Gasteiger charge is -2.11. The molecule has 102 valence electrons. The van der Waals surface area contributed by atoms with Crippen molar-refractivity contribution in [3.8, 4) is 11.3 Å². The third kappa shape index (κ3) is 2.76. The van der Waals surface area contributed by atoms with Crippen molar-refractivity contribution in [3.05, 3.63) is 35.1 Å². The summed E-state index contributed by atoms with van der Waals surface area (Å²) in [5.74, 6) is 2.25. The molecule has 0 bridgehead atoms. The van der Waals surface area contributed by atoms with Crippen molar-refractivity contribution < 1.29 is 0 Å². The van der Waals surface area contributed by atoms with Gasteiger partial charge in [-0.25, -0.2) is 4.98 Å². The molecular formula is C15H20ClN3. The molecule has 0 unspecified atom stereocenters. The first-order chi connectivity index (χ1) is 9.04. The molecule has 0 fully saturated rings. The summed E-state index contributed by atoms with van der Waals surface area (Å²) in [5, 5.41) is 0.686. The van der Waals surface area contributed by atoms with Gasteiger partial charge in [0, 0.05) is 18.5 Å². The van der Waals surface area contributed by atoms with Gasteiger partial charge in [-0.05, 0) is 12.0 Å². The molecule has 0 aliphatic rings. The first-order valence-corrected chi connectivity index (χ1v) is 7.02. The number of rotatable bonds is 4. The lowest BCUT2D eigenvalue weighted by atomic mass is 10.1. The first kappa shape index (κ1) is 13.9. The van der Waals surface area contributed by atoms with Crippen LogP contribution in [-0.4, -0.2) is 9.55 Å². The highest BCUT2D eigenvalue weighted by Gasteiger charge is 2.17. The zero-order chi connectivity index (χ0) is 14.0. The predicted octanol–water partition coefficient (Wildman–Crippen LogP) is 4.00. The van der Waals surface area contributed by atoms with E-state index in [0.717, 1.165) is 30.0 Å². The normalized spacial score (nSPS) is 11.2. The molecule has 0 aliphatic carbocycles. The van der Waals surface area contributed by atoms with Gasteiger partial charge in [-0.2, -0.15) is 0 Å². The van der Waals surface area contributed by atoms with Crippen LogP contribution in [0.1, 0.15) is 26.6 Å². The third-order valence-corrected chi connectivity index (χ3v) is 3.41. The molecule has 4 heteroatoms. The van der Waals surface area contributed by atoms with E-state index in [-0.39, 0.29) is 0 Å². The maximum absolute atomic E-state index is 6.27. The van der Waals surface area contributed by atoms with E-state index < -0.39 is 0 Å². The lowest BCUT2D eigenvalue weighted by Crippen LogP contribution is -2.10. The van der Waals surface area contributed by atoms with E-state index in [4.69, 9.17) is 17.3 Å². The molecule has 19 heavy (non-hydrogen) atoms. The summed E-state index contributed by atoms with van der Waals surface area (Å²) in [6.07, 6.45) is 0.862. The Morgan fingerprint density at radius 3 is 2.58 bits per heavy atom. The number of nitrogens with two attached hydrogens (primary N) is 1. The molecule has 0 saturated carbocycles. The van der Waals surface area contributed by atoms with Crippen LogP contribution in [0.15, 0.2) is 24.3 Å². The minimum Gasteiger partial charge on any atom is -0.383 e. The van der Waals surface area contributed by atoms with Crippen LogP contribution in [-0.2, 0) is 13.0 Å². The summed E-state index contributed by atoms with van der Waals surface area (Å²) in [6.45, 7) is 7.32. The molecule has 0 amide bonds. The summed E-state index contributed by atoms with van der Waals surface area (Å²) in [4.78, 5) is 4.67. The van der Waals surface area contributed by atoms with E-state index in [1.807, 2.05) is 24.3 Å². The average molecular weight is 278 g/mol. The van der Waals surface area contributed by atoms with Crippen LogP contribution in [0.2, 0.25) is 5.02 Å². The Morgan fingerprint density at radius 2 is 2.00 bits per heavy atom. The second kappa shape index (κ2) is 5.66. The maximum Gasteiger partial charge on any atom is 0.131 e. The van der Waals surface area contributed by atoms with E-state index in [1.54, 1.807) is 0 Å². The van der Waals surface area contributed by atoms with Crippen molar-refractivity contribution >= 4 is 17.4 Å². The molecule has 0 spiro atoms. The smallest absolute Gasteiger partial charge is 0.131 e. The van der Waals surface area contributed by atoms with E-state index in [2.05, 4.69) is 30.3 Å². The molecule has 1 aromatic heterocycles. The quantitative estimate of drug-likeness (QED) is 0.918. The van der Waals surface area contributed by atoms with Gasteiger partial charge in [-0.1, -0.05) is 50.6 Å². The molecule has 0 radical (unpaired) electrons. The van der Waals surface area contributed by atoms with Gasteiger partial charge in [0.25, 0.3) is 0 Å². The summed E-state index contributed by atoms with van der Waals surface area (Å²) >= 11 is 6.24. The number of nitrogen functional groups attached to an aromatic ring is 1. The van der Waals surface area contributed by atoms with E-state index in [9.17, 15) is 0 Å². The van der Waals surface area contributed by atoms with Crippen LogP contribution in [0.3, 0.4) is 0 Å². The molecule has 0 saturated heterocycles. The van der Waals surface area contributed by atoms with Gasteiger partial charge in [0.15, 0.2) is 0 Å². The molecule has 1 aromatic carbocycles. The second-order valence-electron chi connectivity index (χ2n) is 5.10. The highest BCUT2D eigenvalue weighted by atomic mass is 35.5. The number of hydrogen-bond acceptors (Lipinski definition) is 2. The van der Waals surface area contributed by atoms with E-state index in [1.165, 1.54) is 0 Å². The second-order valence-corrected chi connectivity index (χ2v) is 5.51. The topological polar surface area (TPSA) is 43.8 Å². The number of imidazole rings is 1. The summed E-state index contributed by atoms with van der Waals surface area (Å²) in [6, 6.07) is 7.69. The zero-order valence-corrected chi connectivity index (χ0v) is 12.4. The Morgan fingerprint density at radius 1 is 1.32 bits per heavy atom. The Kier molecular flexibility index (Phi) is 4.15. The molecule has 2 N–H and O–H groups in total. The fourth-order valence-electron chi connectivity index (χ4n) is 2.20. The van der Waals surface area contributed by atoms with Crippen LogP contribution < -0.4 is 5.73 Å². The fraction of sp³-hybridized carbons (Fsp3) is 0.400. The van der Waals surface area contributed by atoms with Gasteiger partial charge >= 0.3 is 0 Å². The van der Waals surface area contributed by atoms with Crippen LogP contribution in [0.4, 0.5) is 5.82 Å². The number of aromatic nitrogens is 2. The van der Waals surface area contributed by atoms with Crippen LogP contribution in [0, 0.1) is 5.92 Å². The van der Waals surface area contributed by atoms with Gasteiger partial charge in [0.1, 0.15) is 17.3 Å². The van der Waals surface area contributed by atoms with Crippen LogP contribution >= 0.6 is 11.6 Å². The molecule has 3 nitrogen and oxygen atoms in total. The largest absolute Gasteiger partial charge is 0.383 e. The molecule has 2 rings (SSSR count). The number of aryl methyl sites for hydroxylation is 1. The number of halogens is 1. The standard InChI is InChI=1S/C15H20ClN3/c1-4-13-18-14(11-7-5-6-8-12(11)16)15(17)19(13)9-10(2)3/h5-8,10H,4,9,17H2,1-3H3. The SMILES string of the molecule is CCc1nc(-c2ccccc2Cl)c(N)n1CC(C)C. The monoisotopic (exact) mass is 277 g/mol. The number of anilines is 1. The highest BCUT2D eigenvalue weighted by Crippen LogP contribution is 2.32. The molecule has 0 aliphatic heterocycles. The van der Waals surface area contributed by atoms with Gasteiger partial charge in [0.2, 0.25) is 0 Å². The number of benzene rings is 1. The summed E-state index contributed by atoms with van der Waals surface area (Å²) < 4.78 is 2.10. The van der Waals surface area contributed by atoms with Crippen LogP contribution in [0.25, 0.3) is 11.3 Å². The van der Waals surface area contributed by atoms with Gasteiger partial charge < -0.3 is 10.3 Å². The van der Waals surface area contributed by atoms with Crippen molar-refractivity contribution in [2.24, 2.45) is 5.92 Å². The Hall–Kier alpha value is -1.48. The number of hydrogen-bond donors (Lipinski definition) is 1. The van der Waals surface area contributed by atoms with Gasteiger partial charge in [-0.15, -0.1) is 0 Å². The maximum atomic E-state index is 6.27. The lowest BCUT2D eigenvalue weighted by molar-refractivity contribution is 0.513. The fourth-order valence-corrected chi connectivity index (χ4v) is 2.43. The van der Waals surface area contributed by atoms with Crippen molar-refractivity contribution in [2.45, 2.75) is 33.7 Å². The highest BCUT2D eigenvalue weighted by molar-refractivity contribution is 6.33.